The molecule has 0 saturated carbocycles. The molecule has 1 heterocycles. The molecule has 1 aromatic carbocycles. The molecule has 21 heavy (non-hydrogen) atoms. The minimum Gasteiger partial charge on any atom is -0.389 e. The Labute approximate surface area is 123 Å². The lowest BCUT2D eigenvalue weighted by atomic mass is 9.96. The molecule has 3 amide bonds. The first-order chi connectivity index (χ1) is 9.97. The predicted molar refractivity (Wildman–Crippen MR) is 79.6 cm³/mol. The highest BCUT2D eigenvalue weighted by atomic mass is 16.3. The fraction of sp³-hybridized carbons (Fsp3) is 0.467. The Morgan fingerprint density at radius 1 is 1.29 bits per heavy atom. The number of rotatable bonds is 3. The number of urea groups is 1. The average molecular weight is 291 g/mol. The zero-order chi connectivity index (χ0) is 15.4. The number of nitrogens with two attached hydrogens (primary N) is 1. The van der Waals surface area contributed by atoms with Crippen LogP contribution in [-0.2, 0) is 4.79 Å². The maximum Gasteiger partial charge on any atom is 0.321 e. The van der Waals surface area contributed by atoms with Crippen LogP contribution in [0.1, 0.15) is 31.4 Å². The number of carbonyl (C=O) groups excluding carboxylic acids is 2. The number of amides is 3. The summed E-state index contributed by atoms with van der Waals surface area (Å²) in [7, 11) is 0. The van der Waals surface area contributed by atoms with Gasteiger partial charge in [-0.05, 0) is 37.5 Å². The van der Waals surface area contributed by atoms with Crippen molar-refractivity contribution in [2.45, 2.75) is 25.9 Å². The number of hydrogen-bond donors (Lipinski definition) is 3. The number of anilines is 1. The van der Waals surface area contributed by atoms with Gasteiger partial charge >= 0.3 is 6.03 Å². The maximum absolute atomic E-state index is 12.1. The Morgan fingerprint density at radius 3 is 2.33 bits per heavy atom. The minimum atomic E-state index is -0.525. The Morgan fingerprint density at radius 2 is 1.86 bits per heavy atom. The lowest BCUT2D eigenvalue weighted by Crippen LogP contribution is -2.43. The van der Waals surface area contributed by atoms with Crippen molar-refractivity contribution in [3.8, 4) is 0 Å². The predicted octanol–water partition coefficient (Wildman–Crippen LogP) is 1.47. The summed E-state index contributed by atoms with van der Waals surface area (Å²) in [5.74, 6) is -0.414. The lowest BCUT2D eigenvalue weighted by Gasteiger charge is -2.30. The summed E-state index contributed by atoms with van der Waals surface area (Å²) in [4.78, 5) is 24.9. The number of hydrogen-bond acceptors (Lipinski definition) is 3. The summed E-state index contributed by atoms with van der Waals surface area (Å²) < 4.78 is 0. The summed E-state index contributed by atoms with van der Waals surface area (Å²) >= 11 is 0. The van der Waals surface area contributed by atoms with E-state index in [1.807, 2.05) is 0 Å². The standard InChI is InChI=1S/C15H21N3O3/c1-10(19)11-2-4-13(5-3-11)17-15(21)18-8-6-12(7-9-18)14(16)20/h2-5,10,12,19H,6-9H2,1H3,(H2,16,20)(H,17,21). The maximum atomic E-state index is 12.1. The third-order valence-electron chi connectivity index (χ3n) is 3.83. The van der Waals surface area contributed by atoms with Crippen LogP contribution < -0.4 is 11.1 Å². The van der Waals surface area contributed by atoms with Crippen LogP contribution in [0.2, 0.25) is 0 Å². The summed E-state index contributed by atoms with van der Waals surface area (Å²) in [6, 6.07) is 6.90. The van der Waals surface area contributed by atoms with Crippen LogP contribution in [0.4, 0.5) is 10.5 Å². The van der Waals surface area contributed by atoms with E-state index in [9.17, 15) is 14.7 Å². The van der Waals surface area contributed by atoms with Crippen molar-refractivity contribution in [3.63, 3.8) is 0 Å². The molecule has 1 saturated heterocycles. The second-order valence-corrected chi connectivity index (χ2v) is 5.39. The van der Waals surface area contributed by atoms with Crippen LogP contribution >= 0.6 is 0 Å². The molecule has 1 unspecified atom stereocenters. The average Bonchev–Trinajstić information content (AvgIpc) is 2.47. The quantitative estimate of drug-likeness (QED) is 0.787. The largest absolute Gasteiger partial charge is 0.389 e. The summed E-state index contributed by atoms with van der Waals surface area (Å²) in [5.41, 5.74) is 6.76. The van der Waals surface area contributed by atoms with E-state index in [0.717, 1.165) is 5.56 Å². The molecule has 1 fully saturated rings. The van der Waals surface area contributed by atoms with Crippen LogP contribution in [0, 0.1) is 5.92 Å². The minimum absolute atomic E-state index is 0.126. The van der Waals surface area contributed by atoms with Gasteiger partial charge in [-0.3, -0.25) is 4.79 Å². The molecule has 0 bridgehead atoms. The van der Waals surface area contributed by atoms with Gasteiger partial charge in [0.05, 0.1) is 6.10 Å². The van der Waals surface area contributed by atoms with E-state index < -0.39 is 6.10 Å². The summed E-state index contributed by atoms with van der Waals surface area (Å²) in [5, 5.41) is 12.2. The molecule has 0 radical (unpaired) electrons. The zero-order valence-corrected chi connectivity index (χ0v) is 12.1. The number of carbonyl (C=O) groups is 2. The van der Waals surface area contributed by atoms with Crippen LogP contribution in [0.15, 0.2) is 24.3 Å². The van der Waals surface area contributed by atoms with Gasteiger partial charge in [-0.1, -0.05) is 12.1 Å². The smallest absolute Gasteiger partial charge is 0.321 e. The fourth-order valence-electron chi connectivity index (χ4n) is 2.41. The molecule has 6 heteroatoms. The van der Waals surface area contributed by atoms with E-state index in [0.29, 0.717) is 31.6 Å². The van der Waals surface area contributed by atoms with Gasteiger partial charge in [0.25, 0.3) is 0 Å². The molecule has 0 aliphatic carbocycles. The van der Waals surface area contributed by atoms with Gasteiger partial charge in [0.1, 0.15) is 0 Å². The third-order valence-corrected chi connectivity index (χ3v) is 3.83. The lowest BCUT2D eigenvalue weighted by molar-refractivity contribution is -0.122. The SMILES string of the molecule is CC(O)c1ccc(NC(=O)N2CCC(C(N)=O)CC2)cc1. The van der Waals surface area contributed by atoms with Gasteiger partial charge in [0.15, 0.2) is 0 Å². The van der Waals surface area contributed by atoms with Crippen LogP contribution in [0.25, 0.3) is 0 Å². The molecule has 1 atom stereocenters. The molecule has 0 aromatic heterocycles. The second kappa shape index (κ2) is 6.58. The molecule has 2 rings (SSSR count). The zero-order valence-electron chi connectivity index (χ0n) is 12.1. The number of aliphatic hydroxyl groups is 1. The van der Waals surface area contributed by atoms with Crippen molar-refractivity contribution in [2.75, 3.05) is 18.4 Å². The molecular weight excluding hydrogens is 270 g/mol. The molecule has 1 aliphatic heterocycles. The number of benzene rings is 1. The van der Waals surface area contributed by atoms with E-state index in [1.165, 1.54) is 0 Å². The molecule has 6 nitrogen and oxygen atoms in total. The van der Waals surface area contributed by atoms with Crippen molar-refractivity contribution in [1.82, 2.24) is 4.90 Å². The Kier molecular flexibility index (Phi) is 4.80. The summed E-state index contributed by atoms with van der Waals surface area (Å²) in [6.07, 6.45) is 0.704. The molecule has 4 N–H and O–H groups in total. The van der Waals surface area contributed by atoms with Crippen molar-refractivity contribution >= 4 is 17.6 Å². The number of primary amides is 1. The van der Waals surface area contributed by atoms with Gasteiger partial charge in [-0.2, -0.15) is 0 Å². The molecule has 0 spiro atoms. The monoisotopic (exact) mass is 291 g/mol. The molecule has 1 aromatic rings. The van der Waals surface area contributed by atoms with Gasteiger partial charge < -0.3 is 21.1 Å². The van der Waals surface area contributed by atoms with E-state index in [-0.39, 0.29) is 17.9 Å². The van der Waals surface area contributed by atoms with Gasteiger partial charge in [-0.25, -0.2) is 4.79 Å². The molecule has 114 valence electrons. The third kappa shape index (κ3) is 3.95. The highest BCUT2D eigenvalue weighted by Gasteiger charge is 2.25. The van der Waals surface area contributed by atoms with Gasteiger partial charge in [-0.15, -0.1) is 0 Å². The van der Waals surface area contributed by atoms with E-state index in [1.54, 1.807) is 36.1 Å². The Balaban J connectivity index is 1.88. The van der Waals surface area contributed by atoms with Crippen molar-refractivity contribution in [3.05, 3.63) is 29.8 Å². The number of nitrogens with one attached hydrogen (secondary N) is 1. The van der Waals surface area contributed by atoms with E-state index >= 15 is 0 Å². The first kappa shape index (κ1) is 15.3. The Hall–Kier alpha value is -2.08. The highest BCUT2D eigenvalue weighted by molar-refractivity contribution is 5.89. The van der Waals surface area contributed by atoms with E-state index in [2.05, 4.69) is 5.32 Å². The summed E-state index contributed by atoms with van der Waals surface area (Å²) in [6.45, 7) is 2.76. The van der Waals surface area contributed by atoms with Crippen molar-refractivity contribution in [1.29, 1.82) is 0 Å². The number of likely N-dealkylation sites (tertiary alicyclic amines) is 1. The van der Waals surface area contributed by atoms with Crippen LogP contribution in [-0.4, -0.2) is 35.0 Å². The molecule has 1 aliphatic rings. The number of nitrogens with zero attached hydrogens (tertiary/aromatic N) is 1. The van der Waals surface area contributed by atoms with Crippen molar-refractivity contribution < 1.29 is 14.7 Å². The molecular formula is C15H21N3O3. The van der Waals surface area contributed by atoms with Crippen molar-refractivity contribution in [2.24, 2.45) is 11.7 Å². The number of piperidine rings is 1. The number of aliphatic hydroxyl groups excluding tert-OH is 1. The Bertz CT molecular complexity index is 505. The highest BCUT2D eigenvalue weighted by Crippen LogP contribution is 2.19. The normalized spacial score (nSPS) is 17.3. The topological polar surface area (TPSA) is 95.7 Å². The second-order valence-electron chi connectivity index (χ2n) is 5.39. The first-order valence-electron chi connectivity index (χ1n) is 7.10. The van der Waals surface area contributed by atoms with Gasteiger partial charge in [0, 0.05) is 24.7 Å². The fourth-order valence-corrected chi connectivity index (χ4v) is 2.41. The van der Waals surface area contributed by atoms with Crippen LogP contribution in [0.5, 0.6) is 0 Å². The van der Waals surface area contributed by atoms with Crippen LogP contribution in [0.3, 0.4) is 0 Å². The first-order valence-corrected chi connectivity index (χ1v) is 7.10. The van der Waals surface area contributed by atoms with Gasteiger partial charge in [0.2, 0.25) is 5.91 Å². The van der Waals surface area contributed by atoms with E-state index in [4.69, 9.17) is 5.73 Å².